The second-order valence-electron chi connectivity index (χ2n) is 5.77. The molecule has 0 bridgehead atoms. The molecule has 0 aliphatic carbocycles. The molecule has 22 heavy (non-hydrogen) atoms. The highest BCUT2D eigenvalue weighted by atomic mass is 16.2. The van der Waals surface area contributed by atoms with Crippen LogP contribution in [0.3, 0.4) is 0 Å². The van der Waals surface area contributed by atoms with Crippen LogP contribution >= 0.6 is 0 Å². The number of nitrogens with zero attached hydrogens (tertiary/aromatic N) is 2. The van der Waals surface area contributed by atoms with Crippen molar-refractivity contribution >= 4 is 5.91 Å². The Morgan fingerprint density at radius 1 is 1.18 bits per heavy atom. The van der Waals surface area contributed by atoms with Crippen LogP contribution in [0.25, 0.3) is 0 Å². The van der Waals surface area contributed by atoms with Gasteiger partial charge in [-0.15, -0.1) is 0 Å². The third-order valence-corrected chi connectivity index (χ3v) is 4.01. The zero-order valence-electron chi connectivity index (χ0n) is 12.8. The van der Waals surface area contributed by atoms with Crippen molar-refractivity contribution in [3.8, 4) is 0 Å². The van der Waals surface area contributed by atoms with E-state index in [1.807, 2.05) is 48.2 Å². The van der Waals surface area contributed by atoms with Gasteiger partial charge in [0.25, 0.3) is 0 Å². The summed E-state index contributed by atoms with van der Waals surface area (Å²) in [4.78, 5) is 18.8. The van der Waals surface area contributed by atoms with Crippen LogP contribution in [0.15, 0.2) is 48.5 Å². The molecule has 1 aliphatic heterocycles. The van der Waals surface area contributed by atoms with Gasteiger partial charge < -0.3 is 10.2 Å². The Morgan fingerprint density at radius 3 is 2.77 bits per heavy atom. The minimum absolute atomic E-state index is 0.149. The summed E-state index contributed by atoms with van der Waals surface area (Å²) in [6, 6.07) is 16.5. The SMILES string of the molecule is Cc1cccc(CN2C(=O)CNC[C@@H]2Cc2ccccc2)n1. The molecule has 1 saturated heterocycles. The first-order valence-electron chi connectivity index (χ1n) is 7.69. The summed E-state index contributed by atoms with van der Waals surface area (Å²) in [6.45, 7) is 3.80. The molecule has 1 amide bonds. The van der Waals surface area contributed by atoms with Crippen molar-refractivity contribution in [2.24, 2.45) is 0 Å². The third-order valence-electron chi connectivity index (χ3n) is 4.01. The number of nitrogens with one attached hydrogen (secondary N) is 1. The number of carbonyl (C=O) groups excluding carboxylic acids is 1. The Balaban J connectivity index is 1.76. The highest BCUT2D eigenvalue weighted by molar-refractivity contribution is 5.79. The van der Waals surface area contributed by atoms with Gasteiger partial charge in [0.1, 0.15) is 0 Å². The van der Waals surface area contributed by atoms with E-state index >= 15 is 0 Å². The molecule has 0 saturated carbocycles. The molecule has 0 radical (unpaired) electrons. The van der Waals surface area contributed by atoms with Crippen LogP contribution in [0.5, 0.6) is 0 Å². The first kappa shape index (κ1) is 14.7. The predicted octanol–water partition coefficient (Wildman–Crippen LogP) is 1.93. The van der Waals surface area contributed by atoms with Gasteiger partial charge in [0, 0.05) is 18.3 Å². The average molecular weight is 295 g/mol. The lowest BCUT2D eigenvalue weighted by atomic mass is 10.0. The lowest BCUT2D eigenvalue weighted by Crippen LogP contribution is -2.55. The summed E-state index contributed by atoms with van der Waals surface area (Å²) in [5.74, 6) is 0.149. The summed E-state index contributed by atoms with van der Waals surface area (Å²) in [5, 5.41) is 3.22. The standard InChI is InChI=1S/C18H21N3O/c1-14-6-5-9-16(20-14)13-21-17(11-19-12-18(21)22)10-15-7-3-2-4-8-15/h2-9,17,19H,10-13H2,1H3/t17-/m0/s1. The second kappa shape index (κ2) is 6.71. The highest BCUT2D eigenvalue weighted by Gasteiger charge is 2.28. The van der Waals surface area contributed by atoms with Crippen LogP contribution in [0.4, 0.5) is 0 Å². The Kier molecular flexibility index (Phi) is 4.49. The number of aryl methyl sites for hydroxylation is 1. The van der Waals surface area contributed by atoms with Crippen molar-refractivity contribution in [1.82, 2.24) is 15.2 Å². The van der Waals surface area contributed by atoms with Crippen molar-refractivity contribution in [2.45, 2.75) is 25.9 Å². The molecule has 1 fully saturated rings. The molecule has 1 aromatic carbocycles. The predicted molar refractivity (Wildman–Crippen MR) is 86.3 cm³/mol. The quantitative estimate of drug-likeness (QED) is 0.937. The molecule has 3 rings (SSSR count). The fraction of sp³-hybridized carbons (Fsp3) is 0.333. The zero-order valence-corrected chi connectivity index (χ0v) is 12.8. The van der Waals surface area contributed by atoms with Gasteiger partial charge in [-0.2, -0.15) is 0 Å². The van der Waals surface area contributed by atoms with E-state index in [4.69, 9.17) is 0 Å². The van der Waals surface area contributed by atoms with Crippen LogP contribution in [-0.2, 0) is 17.8 Å². The number of rotatable bonds is 4. The molecule has 2 heterocycles. The van der Waals surface area contributed by atoms with E-state index in [0.29, 0.717) is 13.1 Å². The van der Waals surface area contributed by atoms with Gasteiger partial charge in [-0.1, -0.05) is 36.4 Å². The summed E-state index contributed by atoms with van der Waals surface area (Å²) >= 11 is 0. The van der Waals surface area contributed by atoms with E-state index < -0.39 is 0 Å². The molecule has 1 aromatic heterocycles. The van der Waals surface area contributed by atoms with Crippen molar-refractivity contribution in [1.29, 1.82) is 0 Å². The molecule has 1 atom stereocenters. The molecule has 114 valence electrons. The number of amides is 1. The third kappa shape index (κ3) is 3.52. The molecule has 2 aromatic rings. The van der Waals surface area contributed by atoms with E-state index in [0.717, 1.165) is 24.4 Å². The number of benzene rings is 1. The lowest BCUT2D eigenvalue weighted by molar-refractivity contribution is -0.135. The van der Waals surface area contributed by atoms with Crippen LogP contribution in [0.2, 0.25) is 0 Å². The van der Waals surface area contributed by atoms with Crippen LogP contribution in [0.1, 0.15) is 17.0 Å². The van der Waals surface area contributed by atoms with Crippen molar-refractivity contribution < 1.29 is 4.79 Å². The second-order valence-corrected chi connectivity index (χ2v) is 5.77. The number of hydrogen-bond acceptors (Lipinski definition) is 3. The molecule has 0 spiro atoms. The van der Waals surface area contributed by atoms with Gasteiger partial charge in [0.2, 0.25) is 5.91 Å². The van der Waals surface area contributed by atoms with E-state index in [1.54, 1.807) is 0 Å². The molecule has 1 N–H and O–H groups in total. The first-order valence-corrected chi connectivity index (χ1v) is 7.69. The van der Waals surface area contributed by atoms with Gasteiger partial charge in [-0.05, 0) is 31.0 Å². The Bertz CT molecular complexity index is 642. The van der Waals surface area contributed by atoms with Gasteiger partial charge in [0.05, 0.1) is 18.8 Å². The summed E-state index contributed by atoms with van der Waals surface area (Å²) < 4.78 is 0. The average Bonchev–Trinajstić information content (AvgIpc) is 2.52. The maximum absolute atomic E-state index is 12.3. The van der Waals surface area contributed by atoms with Crippen LogP contribution < -0.4 is 5.32 Å². The maximum Gasteiger partial charge on any atom is 0.237 e. The minimum atomic E-state index is 0.149. The Hall–Kier alpha value is -2.20. The fourth-order valence-corrected chi connectivity index (χ4v) is 2.91. The van der Waals surface area contributed by atoms with Gasteiger partial charge in [-0.25, -0.2) is 0 Å². The number of carbonyl (C=O) groups is 1. The number of piperazine rings is 1. The van der Waals surface area contributed by atoms with Crippen molar-refractivity contribution in [3.63, 3.8) is 0 Å². The minimum Gasteiger partial charge on any atom is -0.331 e. The monoisotopic (exact) mass is 295 g/mol. The molecule has 4 heteroatoms. The highest BCUT2D eigenvalue weighted by Crippen LogP contribution is 2.15. The maximum atomic E-state index is 12.3. The van der Waals surface area contributed by atoms with Crippen LogP contribution in [-0.4, -0.2) is 34.9 Å². The van der Waals surface area contributed by atoms with Crippen molar-refractivity contribution in [3.05, 3.63) is 65.5 Å². The summed E-state index contributed by atoms with van der Waals surface area (Å²) in [7, 11) is 0. The van der Waals surface area contributed by atoms with Crippen molar-refractivity contribution in [2.75, 3.05) is 13.1 Å². The summed E-state index contributed by atoms with van der Waals surface area (Å²) in [5.41, 5.74) is 3.19. The van der Waals surface area contributed by atoms with Crippen LogP contribution in [0, 0.1) is 6.92 Å². The largest absolute Gasteiger partial charge is 0.331 e. The summed E-state index contributed by atoms with van der Waals surface area (Å²) in [6.07, 6.45) is 0.866. The smallest absolute Gasteiger partial charge is 0.237 e. The van der Waals surface area contributed by atoms with Gasteiger partial charge >= 0.3 is 0 Å². The molecular formula is C18H21N3O. The Labute approximate surface area is 131 Å². The number of aromatic nitrogens is 1. The topological polar surface area (TPSA) is 45.2 Å². The van der Waals surface area contributed by atoms with Gasteiger partial charge in [0.15, 0.2) is 0 Å². The van der Waals surface area contributed by atoms with E-state index in [9.17, 15) is 4.79 Å². The molecule has 1 aliphatic rings. The fourth-order valence-electron chi connectivity index (χ4n) is 2.91. The van der Waals surface area contributed by atoms with E-state index in [1.165, 1.54) is 5.56 Å². The number of hydrogen-bond donors (Lipinski definition) is 1. The normalized spacial score (nSPS) is 18.5. The Morgan fingerprint density at radius 2 is 2.00 bits per heavy atom. The number of pyridine rings is 1. The lowest BCUT2D eigenvalue weighted by Gasteiger charge is -2.36. The van der Waals surface area contributed by atoms with E-state index in [2.05, 4.69) is 22.4 Å². The van der Waals surface area contributed by atoms with Gasteiger partial charge in [-0.3, -0.25) is 9.78 Å². The molecule has 4 nitrogen and oxygen atoms in total. The first-order chi connectivity index (χ1) is 10.7. The van der Waals surface area contributed by atoms with E-state index in [-0.39, 0.29) is 11.9 Å². The molecule has 0 unspecified atom stereocenters. The zero-order chi connectivity index (χ0) is 15.4. The molecular weight excluding hydrogens is 274 g/mol.